The van der Waals surface area contributed by atoms with Crippen LogP contribution in [0.2, 0.25) is 0 Å². The normalized spacial score (nSPS) is 31.1. The van der Waals surface area contributed by atoms with Crippen molar-refractivity contribution >= 4 is 11.8 Å². The fourth-order valence-corrected chi connectivity index (χ4v) is 4.40. The minimum Gasteiger partial charge on any atom is -0.374 e. The summed E-state index contributed by atoms with van der Waals surface area (Å²) in [6.07, 6.45) is 5.56. The Labute approximate surface area is 119 Å². The van der Waals surface area contributed by atoms with E-state index in [-0.39, 0.29) is 5.60 Å². The zero-order valence-corrected chi connectivity index (χ0v) is 12.4. The Hall–Kier alpha value is -0.520. The van der Waals surface area contributed by atoms with Crippen molar-refractivity contribution in [1.82, 2.24) is 15.1 Å². The molecule has 0 saturated carbocycles. The number of thioether (sulfide) groups is 1. The average molecular weight is 281 g/mol. The van der Waals surface area contributed by atoms with Gasteiger partial charge in [-0.3, -0.25) is 4.68 Å². The van der Waals surface area contributed by atoms with E-state index in [0.29, 0.717) is 6.04 Å². The van der Waals surface area contributed by atoms with Gasteiger partial charge in [0.1, 0.15) is 0 Å². The molecule has 0 bridgehead atoms. The maximum Gasteiger partial charge on any atom is 0.0800 e. The molecule has 2 saturated heterocycles. The van der Waals surface area contributed by atoms with Gasteiger partial charge in [-0.15, -0.1) is 0 Å². The van der Waals surface area contributed by atoms with Gasteiger partial charge in [0.15, 0.2) is 0 Å². The summed E-state index contributed by atoms with van der Waals surface area (Å²) < 4.78 is 8.24. The fraction of sp³-hybridized carbons (Fsp3) is 0.786. The minimum atomic E-state index is 0.140. The zero-order valence-electron chi connectivity index (χ0n) is 11.6. The Kier molecular flexibility index (Phi) is 4.15. The fourth-order valence-electron chi connectivity index (χ4n) is 3.02. The van der Waals surface area contributed by atoms with E-state index in [2.05, 4.69) is 29.2 Å². The molecule has 3 rings (SSSR count). The predicted octanol–water partition coefficient (Wildman–Crippen LogP) is 2.22. The van der Waals surface area contributed by atoms with Crippen LogP contribution in [0.3, 0.4) is 0 Å². The number of aromatic nitrogens is 2. The summed E-state index contributed by atoms with van der Waals surface area (Å²) in [5.41, 5.74) is 1.28. The standard InChI is InChI=1S/C14H23N3OS/c1-2-15-10-12-3-6-17(16-12)13-4-7-18-14(9-13)5-8-19-11-14/h3,6,13,15H,2,4-5,7-11H2,1H3. The summed E-state index contributed by atoms with van der Waals surface area (Å²) in [6, 6.07) is 2.65. The highest BCUT2D eigenvalue weighted by atomic mass is 32.2. The van der Waals surface area contributed by atoms with Crippen molar-refractivity contribution in [2.75, 3.05) is 24.7 Å². The number of rotatable bonds is 4. The van der Waals surface area contributed by atoms with Crippen LogP contribution in [0.1, 0.15) is 37.9 Å². The van der Waals surface area contributed by atoms with Crippen molar-refractivity contribution in [3.05, 3.63) is 18.0 Å². The first-order chi connectivity index (χ1) is 9.31. The van der Waals surface area contributed by atoms with E-state index >= 15 is 0 Å². The van der Waals surface area contributed by atoms with E-state index in [1.807, 2.05) is 11.8 Å². The third-order valence-electron chi connectivity index (χ3n) is 4.13. The molecule has 2 aliphatic heterocycles. The molecule has 0 amide bonds. The molecule has 2 fully saturated rings. The molecule has 1 aromatic heterocycles. The van der Waals surface area contributed by atoms with Gasteiger partial charge in [0.25, 0.3) is 0 Å². The molecule has 0 radical (unpaired) electrons. The molecule has 1 N–H and O–H groups in total. The lowest BCUT2D eigenvalue weighted by atomic mass is 9.90. The summed E-state index contributed by atoms with van der Waals surface area (Å²) in [7, 11) is 0. The van der Waals surface area contributed by atoms with Crippen LogP contribution < -0.4 is 5.32 Å². The second-order valence-electron chi connectivity index (χ2n) is 5.55. The molecule has 4 nitrogen and oxygen atoms in total. The number of hydrogen-bond acceptors (Lipinski definition) is 4. The van der Waals surface area contributed by atoms with E-state index in [0.717, 1.165) is 44.0 Å². The van der Waals surface area contributed by atoms with Crippen LogP contribution in [-0.4, -0.2) is 40.0 Å². The summed E-state index contributed by atoms with van der Waals surface area (Å²) in [5, 5.41) is 8.04. The van der Waals surface area contributed by atoms with Crippen LogP contribution in [0.4, 0.5) is 0 Å². The van der Waals surface area contributed by atoms with Gasteiger partial charge in [-0.05, 0) is 37.6 Å². The zero-order chi connectivity index (χ0) is 13.1. The molecule has 19 heavy (non-hydrogen) atoms. The lowest BCUT2D eigenvalue weighted by molar-refractivity contribution is -0.0778. The molecule has 106 valence electrons. The Bertz CT molecular complexity index is 415. The SMILES string of the molecule is CCNCc1ccn(C2CCOC3(CCSC3)C2)n1. The molecular weight excluding hydrogens is 258 g/mol. The largest absolute Gasteiger partial charge is 0.374 e. The summed E-state index contributed by atoms with van der Waals surface area (Å²) >= 11 is 2.03. The van der Waals surface area contributed by atoms with E-state index < -0.39 is 0 Å². The highest BCUT2D eigenvalue weighted by molar-refractivity contribution is 7.99. The predicted molar refractivity (Wildman–Crippen MR) is 78.5 cm³/mol. The van der Waals surface area contributed by atoms with Crippen molar-refractivity contribution < 1.29 is 4.74 Å². The Morgan fingerprint density at radius 1 is 1.63 bits per heavy atom. The van der Waals surface area contributed by atoms with Crippen LogP contribution in [0.15, 0.2) is 12.3 Å². The molecule has 0 aliphatic carbocycles. The molecular formula is C14H23N3OS. The van der Waals surface area contributed by atoms with Gasteiger partial charge in [0.2, 0.25) is 0 Å². The molecule has 5 heteroatoms. The summed E-state index contributed by atoms with van der Waals surface area (Å²) in [6.45, 7) is 4.86. The van der Waals surface area contributed by atoms with Gasteiger partial charge in [0.05, 0.1) is 17.3 Å². The van der Waals surface area contributed by atoms with E-state index in [1.165, 1.54) is 12.2 Å². The number of nitrogens with zero attached hydrogens (tertiary/aromatic N) is 2. The topological polar surface area (TPSA) is 39.1 Å². The van der Waals surface area contributed by atoms with E-state index in [4.69, 9.17) is 9.84 Å². The minimum absolute atomic E-state index is 0.140. The van der Waals surface area contributed by atoms with Crippen LogP contribution >= 0.6 is 11.8 Å². The average Bonchev–Trinajstić information content (AvgIpc) is 3.06. The van der Waals surface area contributed by atoms with Gasteiger partial charge in [-0.1, -0.05) is 6.92 Å². The van der Waals surface area contributed by atoms with Gasteiger partial charge < -0.3 is 10.1 Å². The van der Waals surface area contributed by atoms with E-state index in [9.17, 15) is 0 Å². The first kappa shape index (κ1) is 13.5. The highest BCUT2D eigenvalue weighted by Gasteiger charge is 2.41. The number of ether oxygens (including phenoxy) is 1. The third kappa shape index (κ3) is 2.98. The number of hydrogen-bond donors (Lipinski definition) is 1. The van der Waals surface area contributed by atoms with Crippen molar-refractivity contribution in [2.45, 2.75) is 44.4 Å². The summed E-state index contributed by atoms with van der Waals surface area (Å²) in [4.78, 5) is 0. The van der Waals surface area contributed by atoms with Crippen LogP contribution in [0.25, 0.3) is 0 Å². The second-order valence-corrected chi connectivity index (χ2v) is 6.65. The van der Waals surface area contributed by atoms with Crippen LogP contribution in [0, 0.1) is 0 Å². The lowest BCUT2D eigenvalue weighted by Crippen LogP contribution is -2.40. The molecule has 1 spiro atoms. The highest BCUT2D eigenvalue weighted by Crippen LogP contribution is 2.41. The molecule has 2 atom stereocenters. The Morgan fingerprint density at radius 2 is 2.58 bits per heavy atom. The lowest BCUT2D eigenvalue weighted by Gasteiger charge is -2.37. The van der Waals surface area contributed by atoms with Gasteiger partial charge in [-0.2, -0.15) is 16.9 Å². The van der Waals surface area contributed by atoms with Crippen molar-refractivity contribution in [3.63, 3.8) is 0 Å². The van der Waals surface area contributed by atoms with Gasteiger partial charge in [0, 0.05) is 25.1 Å². The van der Waals surface area contributed by atoms with Crippen LogP contribution in [0.5, 0.6) is 0 Å². The Morgan fingerprint density at radius 3 is 3.37 bits per heavy atom. The second kappa shape index (κ2) is 5.85. The van der Waals surface area contributed by atoms with E-state index in [1.54, 1.807) is 0 Å². The third-order valence-corrected chi connectivity index (χ3v) is 5.35. The molecule has 2 aliphatic rings. The van der Waals surface area contributed by atoms with Crippen molar-refractivity contribution in [2.24, 2.45) is 0 Å². The molecule has 2 unspecified atom stereocenters. The van der Waals surface area contributed by atoms with Gasteiger partial charge in [-0.25, -0.2) is 0 Å². The summed E-state index contributed by atoms with van der Waals surface area (Å²) in [5.74, 6) is 2.41. The molecule has 3 heterocycles. The first-order valence-corrected chi connectivity index (χ1v) is 8.43. The van der Waals surface area contributed by atoms with Crippen molar-refractivity contribution in [3.8, 4) is 0 Å². The smallest absolute Gasteiger partial charge is 0.0800 e. The maximum absolute atomic E-state index is 6.08. The maximum atomic E-state index is 6.08. The Balaban J connectivity index is 1.66. The monoisotopic (exact) mass is 281 g/mol. The van der Waals surface area contributed by atoms with Crippen molar-refractivity contribution in [1.29, 1.82) is 0 Å². The van der Waals surface area contributed by atoms with Gasteiger partial charge >= 0.3 is 0 Å². The first-order valence-electron chi connectivity index (χ1n) is 7.28. The quantitative estimate of drug-likeness (QED) is 0.918. The molecule has 1 aromatic rings. The molecule has 0 aromatic carbocycles. The van der Waals surface area contributed by atoms with Crippen LogP contribution in [-0.2, 0) is 11.3 Å². The number of nitrogens with one attached hydrogen (secondary N) is 1.